The first kappa shape index (κ1) is 19.9. The molecule has 6 nitrogen and oxygen atoms in total. The van der Waals surface area contributed by atoms with Crippen molar-refractivity contribution in [3.05, 3.63) is 82.1 Å². The molecule has 2 N–H and O–H groups in total. The van der Waals surface area contributed by atoms with Crippen molar-refractivity contribution >= 4 is 35.2 Å². The van der Waals surface area contributed by atoms with Crippen LogP contribution in [0.4, 0.5) is 5.69 Å². The highest BCUT2D eigenvalue weighted by atomic mass is 35.5. The molecule has 29 heavy (non-hydrogen) atoms. The fraction of sp³-hybridized carbons (Fsp3) is 0.0455. The van der Waals surface area contributed by atoms with Gasteiger partial charge in [-0.2, -0.15) is 5.26 Å². The number of nitrogens with zero attached hydrogens (tertiary/aromatic N) is 1. The minimum Gasteiger partial charge on any atom is -0.478 e. The van der Waals surface area contributed by atoms with Crippen molar-refractivity contribution in [3.63, 3.8) is 0 Å². The first-order valence-corrected chi connectivity index (χ1v) is 8.88. The van der Waals surface area contributed by atoms with E-state index in [0.717, 1.165) is 0 Å². The second-order valence-corrected chi connectivity index (χ2v) is 6.55. The summed E-state index contributed by atoms with van der Waals surface area (Å²) in [6.45, 7) is 1.69. The van der Waals surface area contributed by atoms with Crippen LogP contribution in [0.5, 0.6) is 0 Å². The average Bonchev–Trinajstić information content (AvgIpc) is 3.16. The predicted molar refractivity (Wildman–Crippen MR) is 110 cm³/mol. The molecule has 0 unspecified atom stereocenters. The molecule has 1 heterocycles. The molecule has 3 aromatic rings. The first-order valence-electron chi connectivity index (χ1n) is 8.51. The number of anilines is 1. The predicted octanol–water partition coefficient (Wildman–Crippen LogP) is 5.15. The van der Waals surface area contributed by atoms with Gasteiger partial charge in [-0.15, -0.1) is 0 Å². The van der Waals surface area contributed by atoms with Gasteiger partial charge in [-0.1, -0.05) is 23.7 Å². The molecular weight excluding hydrogens is 392 g/mol. The van der Waals surface area contributed by atoms with E-state index in [1.165, 1.54) is 12.1 Å². The second-order valence-electron chi connectivity index (χ2n) is 6.12. The maximum atomic E-state index is 12.3. The third-order valence-corrected chi connectivity index (χ3v) is 4.46. The molecule has 7 heteroatoms. The monoisotopic (exact) mass is 406 g/mol. The smallest absolute Gasteiger partial charge is 0.335 e. The molecular formula is C22H15ClN2O4. The first-order chi connectivity index (χ1) is 13.9. The normalized spacial score (nSPS) is 11.0. The number of carboxylic acids is 1. The highest BCUT2D eigenvalue weighted by Crippen LogP contribution is 2.28. The van der Waals surface area contributed by atoms with Crippen LogP contribution in [-0.2, 0) is 4.79 Å². The molecule has 0 radical (unpaired) electrons. The zero-order valence-corrected chi connectivity index (χ0v) is 16.0. The topological polar surface area (TPSA) is 103 Å². The Kier molecular flexibility index (Phi) is 5.82. The largest absolute Gasteiger partial charge is 0.478 e. The van der Waals surface area contributed by atoms with Crippen molar-refractivity contribution in [2.45, 2.75) is 6.92 Å². The van der Waals surface area contributed by atoms with E-state index in [0.29, 0.717) is 33.4 Å². The minimum absolute atomic E-state index is 0.142. The van der Waals surface area contributed by atoms with E-state index in [9.17, 15) is 20.0 Å². The van der Waals surface area contributed by atoms with E-state index in [2.05, 4.69) is 5.32 Å². The van der Waals surface area contributed by atoms with Crippen LogP contribution in [0, 0.1) is 18.3 Å². The molecule has 3 rings (SSSR count). The van der Waals surface area contributed by atoms with Crippen molar-refractivity contribution in [2.75, 3.05) is 5.32 Å². The Bertz CT molecular complexity index is 1150. The van der Waals surface area contributed by atoms with Gasteiger partial charge in [0.1, 0.15) is 23.2 Å². The number of hydrogen-bond donors (Lipinski definition) is 2. The summed E-state index contributed by atoms with van der Waals surface area (Å²) in [6, 6.07) is 16.5. The lowest BCUT2D eigenvalue weighted by Gasteiger charge is -2.06. The van der Waals surface area contributed by atoms with Gasteiger partial charge in [0.25, 0.3) is 5.91 Å². The van der Waals surface area contributed by atoms with Gasteiger partial charge in [0.2, 0.25) is 0 Å². The lowest BCUT2D eigenvalue weighted by Crippen LogP contribution is -2.13. The van der Waals surface area contributed by atoms with Crippen LogP contribution in [0.2, 0.25) is 5.02 Å². The molecule has 0 aliphatic heterocycles. The van der Waals surface area contributed by atoms with Crippen LogP contribution >= 0.6 is 11.6 Å². The zero-order chi connectivity index (χ0) is 21.0. The van der Waals surface area contributed by atoms with Gasteiger partial charge in [-0.25, -0.2) is 4.79 Å². The Morgan fingerprint density at radius 1 is 1.14 bits per heavy atom. The molecule has 0 aliphatic rings. The maximum absolute atomic E-state index is 12.3. The number of halogens is 1. The molecule has 0 atom stereocenters. The van der Waals surface area contributed by atoms with Gasteiger partial charge in [-0.3, -0.25) is 4.79 Å². The molecule has 0 saturated heterocycles. The Labute approximate surface area is 171 Å². The van der Waals surface area contributed by atoms with E-state index in [-0.39, 0.29) is 11.1 Å². The lowest BCUT2D eigenvalue weighted by molar-refractivity contribution is -0.112. The zero-order valence-electron chi connectivity index (χ0n) is 15.3. The van der Waals surface area contributed by atoms with Crippen LogP contribution in [0.25, 0.3) is 17.4 Å². The number of hydrogen-bond acceptors (Lipinski definition) is 4. The number of amides is 1. The number of nitrogens with one attached hydrogen (secondary N) is 1. The summed E-state index contributed by atoms with van der Waals surface area (Å²) in [4.78, 5) is 23.7. The summed E-state index contributed by atoms with van der Waals surface area (Å²) < 4.78 is 5.72. The second kappa shape index (κ2) is 8.46. The molecule has 0 saturated carbocycles. The van der Waals surface area contributed by atoms with Crippen molar-refractivity contribution in [1.82, 2.24) is 0 Å². The summed E-state index contributed by atoms with van der Waals surface area (Å²) in [6.07, 6.45) is 1.32. The molecule has 1 aromatic heterocycles. The quantitative estimate of drug-likeness (QED) is 0.450. The summed E-state index contributed by atoms with van der Waals surface area (Å²) in [5.41, 5.74) is 1.72. The molecule has 0 bridgehead atoms. The van der Waals surface area contributed by atoms with Gasteiger partial charge >= 0.3 is 5.97 Å². The Balaban J connectivity index is 1.85. The SMILES string of the molecule is Cc1c(C(=O)O)cccc1-c1ccc(/C=C(\C#N)C(=O)Nc2ccc(Cl)cc2)o1. The number of furan rings is 1. The van der Waals surface area contributed by atoms with Crippen molar-refractivity contribution in [3.8, 4) is 17.4 Å². The number of benzene rings is 2. The van der Waals surface area contributed by atoms with Crippen LogP contribution in [-0.4, -0.2) is 17.0 Å². The van der Waals surface area contributed by atoms with Crippen LogP contribution in [0.15, 0.2) is 64.6 Å². The Morgan fingerprint density at radius 2 is 1.86 bits per heavy atom. The third-order valence-electron chi connectivity index (χ3n) is 4.21. The molecule has 0 spiro atoms. The minimum atomic E-state index is -1.03. The van der Waals surface area contributed by atoms with Crippen LogP contribution in [0.3, 0.4) is 0 Å². The van der Waals surface area contributed by atoms with E-state index in [1.807, 2.05) is 6.07 Å². The highest BCUT2D eigenvalue weighted by Gasteiger charge is 2.15. The summed E-state index contributed by atoms with van der Waals surface area (Å²) >= 11 is 5.81. The fourth-order valence-corrected chi connectivity index (χ4v) is 2.86. The van der Waals surface area contributed by atoms with Gasteiger partial charge < -0.3 is 14.8 Å². The standard InChI is InChI=1S/C22H15ClN2O4/c1-13-18(3-2-4-19(13)22(27)28)20-10-9-17(29-20)11-14(12-24)21(26)25-16-7-5-15(23)6-8-16/h2-11H,1H3,(H,25,26)(H,27,28)/b14-11+. The molecule has 0 aliphatic carbocycles. The maximum Gasteiger partial charge on any atom is 0.335 e. The van der Waals surface area contributed by atoms with Crippen molar-refractivity contribution < 1.29 is 19.1 Å². The molecule has 0 fully saturated rings. The van der Waals surface area contributed by atoms with E-state index in [1.54, 1.807) is 55.5 Å². The summed E-state index contributed by atoms with van der Waals surface area (Å²) in [5, 5.41) is 21.7. The number of carboxylic acid groups (broad SMARTS) is 1. The average molecular weight is 407 g/mol. The number of rotatable bonds is 5. The van der Waals surface area contributed by atoms with E-state index in [4.69, 9.17) is 16.0 Å². The molecule has 1 amide bonds. The number of carbonyl (C=O) groups excluding carboxylic acids is 1. The number of nitriles is 1. The molecule has 2 aromatic carbocycles. The van der Waals surface area contributed by atoms with Gasteiger partial charge in [-0.05, 0) is 55.0 Å². The number of carbonyl (C=O) groups is 2. The molecule has 144 valence electrons. The van der Waals surface area contributed by atoms with E-state index < -0.39 is 11.9 Å². The fourth-order valence-electron chi connectivity index (χ4n) is 2.73. The highest BCUT2D eigenvalue weighted by molar-refractivity contribution is 6.30. The summed E-state index contributed by atoms with van der Waals surface area (Å²) in [7, 11) is 0. The van der Waals surface area contributed by atoms with Crippen molar-refractivity contribution in [1.29, 1.82) is 5.26 Å². The summed E-state index contributed by atoms with van der Waals surface area (Å²) in [5.74, 6) is -0.881. The van der Waals surface area contributed by atoms with Crippen LogP contribution in [0.1, 0.15) is 21.7 Å². The van der Waals surface area contributed by atoms with Crippen LogP contribution < -0.4 is 5.32 Å². The number of aromatic carboxylic acids is 1. The van der Waals surface area contributed by atoms with E-state index >= 15 is 0 Å². The van der Waals surface area contributed by atoms with Gasteiger partial charge in [0.15, 0.2) is 0 Å². The van der Waals surface area contributed by atoms with Crippen molar-refractivity contribution in [2.24, 2.45) is 0 Å². The van der Waals surface area contributed by atoms with Gasteiger partial charge in [0.05, 0.1) is 5.56 Å². The third kappa shape index (κ3) is 4.54. The lowest BCUT2D eigenvalue weighted by atomic mass is 10.0. The van der Waals surface area contributed by atoms with Gasteiger partial charge in [0, 0.05) is 22.3 Å². The Morgan fingerprint density at radius 3 is 2.52 bits per heavy atom. The Hall–Kier alpha value is -3.82.